The fourth-order valence-corrected chi connectivity index (χ4v) is 7.12. The number of carbonyl (C=O) groups excluding carboxylic acids is 10. The molecule has 0 saturated heterocycles. The number of aliphatic hydroxyl groups is 4. The van der Waals surface area contributed by atoms with Crippen LogP contribution in [0.4, 0.5) is 19.2 Å². The molecule has 0 fully saturated rings. The summed E-state index contributed by atoms with van der Waals surface area (Å²) in [5.74, 6) is -6.32. The van der Waals surface area contributed by atoms with Gasteiger partial charge in [0.05, 0.1) is 39.2 Å². The fourth-order valence-electron chi connectivity index (χ4n) is 7.12. The van der Waals surface area contributed by atoms with Crippen LogP contribution in [-0.4, -0.2) is 310 Å². The summed E-state index contributed by atoms with van der Waals surface area (Å²) in [6.45, 7) is 1.03. The van der Waals surface area contributed by atoms with Crippen LogP contribution in [0.3, 0.4) is 0 Å². The number of carbonyl (C=O) groups is 10. The molecule has 8 N–H and O–H groups in total. The Hall–Kier alpha value is -7.28. The van der Waals surface area contributed by atoms with Crippen molar-refractivity contribution < 1.29 is 116 Å². The molecule has 0 spiro atoms. The van der Waals surface area contributed by atoms with E-state index in [-0.39, 0.29) is 38.5 Å². The van der Waals surface area contributed by atoms with E-state index in [1.54, 1.807) is 56.4 Å². The average molecular weight is 1350 g/mol. The van der Waals surface area contributed by atoms with Gasteiger partial charge < -0.3 is 109 Å². The topological polar surface area (TPSA) is 436 Å². The first kappa shape index (κ1) is 84.7. The molecule has 540 valence electrons. The Morgan fingerprint density at radius 1 is 0.383 bits per heavy atom. The largest absolute Gasteiger partial charge is 0.465 e. The van der Waals surface area contributed by atoms with Crippen LogP contribution < -0.4 is 21.3 Å². The molecule has 0 radical (unpaired) electrons. The highest BCUT2D eigenvalue weighted by Crippen LogP contribution is 2.30. The number of likely N-dealkylation sites (N-methyl/N-ethyl adjacent to an activating group) is 4. The summed E-state index contributed by atoms with van der Waals surface area (Å²) in [5, 5.41) is 57.0. The fraction of sp³-hybridized carbons (Fsp3) is 0.797. The van der Waals surface area contributed by atoms with Crippen LogP contribution in [0.5, 0.6) is 0 Å². The molecule has 94 heavy (non-hydrogen) atoms. The maximum absolute atomic E-state index is 14.3. The molecule has 0 unspecified atom stereocenters. The van der Waals surface area contributed by atoms with Crippen molar-refractivity contribution in [2.45, 2.75) is 80.4 Å². The zero-order valence-electron chi connectivity index (χ0n) is 57.3. The highest BCUT2D eigenvalue weighted by molar-refractivity contribution is 5.83. The SMILES string of the molecule is CN(C)CCNC(=O)OCC(C)(COC(=O)NCCN(C)C)C(=O)OCC(C)(COC(=O)C(C)(COC(=O)NCCN(C)C)COC(=O)NCCN(C)C)C(=O)OCCCCCCn1cc(COC(=O)C(C)(COC(=O)C(C)(CO)CO)COC(=O)C(C)(CO)CO)nn1. The molecule has 0 aliphatic rings. The van der Waals surface area contributed by atoms with Gasteiger partial charge in [0.2, 0.25) is 0 Å². The van der Waals surface area contributed by atoms with Crippen molar-refractivity contribution in [2.75, 3.05) is 195 Å². The molecule has 1 heterocycles. The van der Waals surface area contributed by atoms with Crippen molar-refractivity contribution in [3.05, 3.63) is 11.9 Å². The summed E-state index contributed by atoms with van der Waals surface area (Å²) in [7, 11) is 14.3. The predicted molar refractivity (Wildman–Crippen MR) is 332 cm³/mol. The van der Waals surface area contributed by atoms with Gasteiger partial charge in [-0.15, -0.1) is 5.10 Å². The molecule has 0 saturated carbocycles. The van der Waals surface area contributed by atoms with E-state index in [1.807, 2.05) is 19.6 Å². The Labute approximate surface area is 549 Å². The van der Waals surface area contributed by atoms with Crippen LogP contribution in [0, 0.1) is 32.5 Å². The van der Waals surface area contributed by atoms with Gasteiger partial charge in [0.1, 0.15) is 97.6 Å². The maximum Gasteiger partial charge on any atom is 0.407 e. The van der Waals surface area contributed by atoms with Gasteiger partial charge in [-0.3, -0.25) is 33.4 Å². The molecular formula is C59H105N11O24. The van der Waals surface area contributed by atoms with Crippen molar-refractivity contribution in [1.82, 2.24) is 55.9 Å². The van der Waals surface area contributed by atoms with Crippen molar-refractivity contribution in [3.8, 4) is 0 Å². The lowest BCUT2D eigenvalue weighted by atomic mass is 9.90. The molecule has 0 atom stereocenters. The zero-order chi connectivity index (χ0) is 71.4. The maximum atomic E-state index is 14.3. The summed E-state index contributed by atoms with van der Waals surface area (Å²) < 4.78 is 56.3. The van der Waals surface area contributed by atoms with Gasteiger partial charge >= 0.3 is 60.2 Å². The van der Waals surface area contributed by atoms with Crippen LogP contribution in [0.15, 0.2) is 6.20 Å². The molecule has 35 heteroatoms. The van der Waals surface area contributed by atoms with E-state index in [2.05, 4.69) is 31.6 Å². The highest BCUT2D eigenvalue weighted by atomic mass is 16.6. The summed E-state index contributed by atoms with van der Waals surface area (Å²) in [4.78, 5) is 140. The number of nitrogens with one attached hydrogen (secondary N) is 4. The summed E-state index contributed by atoms with van der Waals surface area (Å²) >= 11 is 0. The number of nitrogens with zero attached hydrogens (tertiary/aromatic N) is 7. The van der Waals surface area contributed by atoms with Crippen LogP contribution in [0.2, 0.25) is 0 Å². The third kappa shape index (κ3) is 31.8. The third-order valence-corrected chi connectivity index (χ3v) is 14.3. The van der Waals surface area contributed by atoms with Gasteiger partial charge in [0.25, 0.3) is 0 Å². The van der Waals surface area contributed by atoms with Crippen molar-refractivity contribution >= 4 is 60.2 Å². The number of hydrogen-bond donors (Lipinski definition) is 8. The molecule has 4 amide bonds. The molecule has 0 aliphatic carbocycles. The van der Waals surface area contributed by atoms with Gasteiger partial charge in [-0.05, 0) is 117 Å². The van der Waals surface area contributed by atoms with E-state index in [0.29, 0.717) is 58.4 Å². The van der Waals surface area contributed by atoms with Gasteiger partial charge in [-0.1, -0.05) is 11.6 Å². The second-order valence-corrected chi connectivity index (χ2v) is 25.6. The number of amides is 4. The lowest BCUT2D eigenvalue weighted by Crippen LogP contribution is -2.47. The standard InChI is InChI=1S/C59H105N11O24/c1-54(31-71,32-72)44(75)87-37-57(4,38-88-45(76)55(2,33-73)34-74)47(78)86-30-43-29-70(65-64-43)23-17-15-16-18-28-85-46(77)56(3,35-89-48(79)58(5,39-91-50(81)60-19-24-66(7)8)40-92-51(82)61-20-25-67(9)10)36-90-49(80)59(6,41-93-52(83)62-21-26-68(11)12)42-94-53(84)63-22-27-69(13)14/h29,71-74H,15-28,30-42H2,1-14H3,(H,60,81)(H,61,82)(H,62,83)(H,63,84). The van der Waals surface area contributed by atoms with E-state index in [1.165, 1.54) is 52.4 Å². The van der Waals surface area contributed by atoms with E-state index in [0.717, 1.165) is 0 Å². The van der Waals surface area contributed by atoms with Crippen LogP contribution in [0.1, 0.15) is 72.9 Å². The number of alkyl carbamates (subject to hydrolysis) is 4. The molecule has 0 bridgehead atoms. The summed E-state index contributed by atoms with van der Waals surface area (Å²) in [6.07, 6.45) is -0.164. The van der Waals surface area contributed by atoms with Crippen LogP contribution >= 0.6 is 0 Å². The second-order valence-electron chi connectivity index (χ2n) is 25.6. The summed E-state index contributed by atoms with van der Waals surface area (Å²) in [6, 6.07) is 0. The Kier molecular flexibility index (Phi) is 38.1. The number of hydrogen-bond acceptors (Lipinski definition) is 30. The van der Waals surface area contributed by atoms with E-state index >= 15 is 0 Å². The van der Waals surface area contributed by atoms with E-state index in [9.17, 15) is 68.4 Å². The third-order valence-electron chi connectivity index (χ3n) is 14.3. The van der Waals surface area contributed by atoms with Crippen LogP contribution in [0.25, 0.3) is 0 Å². The molecule has 0 aliphatic heterocycles. The number of esters is 6. The monoisotopic (exact) mass is 1350 g/mol. The lowest BCUT2D eigenvalue weighted by molar-refractivity contribution is -0.182. The number of unbranched alkanes of at least 4 members (excludes halogenated alkanes) is 3. The van der Waals surface area contributed by atoms with Crippen molar-refractivity contribution in [1.29, 1.82) is 0 Å². The molecule has 1 rings (SSSR count). The minimum absolute atomic E-state index is 0.173. The number of aryl methyl sites for hydroxylation is 1. The predicted octanol–water partition coefficient (Wildman–Crippen LogP) is -1.24. The molecule has 35 nitrogen and oxygen atoms in total. The van der Waals surface area contributed by atoms with Crippen LogP contribution in [-0.2, 0) is 89.3 Å². The first-order chi connectivity index (χ1) is 44.0. The molecule has 1 aromatic rings. The first-order valence-corrected chi connectivity index (χ1v) is 30.6. The normalized spacial score (nSPS) is 12.2. The number of rotatable bonds is 47. The highest BCUT2D eigenvalue weighted by Gasteiger charge is 2.47. The summed E-state index contributed by atoms with van der Waals surface area (Å²) in [5.41, 5.74) is -10.9. The molecular weight excluding hydrogens is 1250 g/mol. The van der Waals surface area contributed by atoms with Crippen molar-refractivity contribution in [3.63, 3.8) is 0 Å². The van der Waals surface area contributed by atoms with Gasteiger partial charge in [0.15, 0.2) is 0 Å². The van der Waals surface area contributed by atoms with Crippen molar-refractivity contribution in [2.24, 2.45) is 32.5 Å². The average Bonchev–Trinajstić information content (AvgIpc) is 0.950. The van der Waals surface area contributed by atoms with E-state index in [4.69, 9.17) is 47.4 Å². The van der Waals surface area contributed by atoms with E-state index < -0.39 is 179 Å². The zero-order valence-corrected chi connectivity index (χ0v) is 57.3. The Morgan fingerprint density at radius 3 is 0.947 bits per heavy atom. The Morgan fingerprint density at radius 2 is 0.649 bits per heavy atom. The quantitative estimate of drug-likeness (QED) is 0.0215. The lowest BCUT2D eigenvalue weighted by Gasteiger charge is -2.32. The van der Waals surface area contributed by atoms with Gasteiger partial charge in [-0.2, -0.15) is 0 Å². The van der Waals surface area contributed by atoms with Gasteiger partial charge in [-0.25, -0.2) is 19.2 Å². The minimum atomic E-state index is -1.99. The number of aliphatic hydroxyl groups excluding tert-OH is 4. The smallest absolute Gasteiger partial charge is 0.407 e. The first-order valence-electron chi connectivity index (χ1n) is 30.6. The second kappa shape index (κ2) is 42.2. The van der Waals surface area contributed by atoms with Gasteiger partial charge in [0, 0.05) is 58.9 Å². The molecule has 0 aromatic carbocycles. The number of ether oxygens (including phenoxy) is 10. The number of aromatic nitrogens is 3. The Bertz CT molecular complexity index is 2340. The molecule has 1 aromatic heterocycles. The minimum Gasteiger partial charge on any atom is -0.465 e. The Balaban J connectivity index is 3.37.